The molecular formula is C11H10BrN3. The van der Waals surface area contributed by atoms with Crippen LogP contribution < -0.4 is 5.32 Å². The molecule has 1 N–H and O–H groups in total. The van der Waals surface area contributed by atoms with Crippen LogP contribution in [0.25, 0.3) is 0 Å². The minimum atomic E-state index is 0.630. The summed E-state index contributed by atoms with van der Waals surface area (Å²) in [5, 5.41) is 11.6. The third kappa shape index (κ3) is 3.96. The Morgan fingerprint density at radius 1 is 1.47 bits per heavy atom. The van der Waals surface area contributed by atoms with Crippen molar-refractivity contribution in [3.05, 3.63) is 42.1 Å². The number of nitriles is 1. The van der Waals surface area contributed by atoms with Crippen molar-refractivity contribution in [1.29, 1.82) is 5.26 Å². The maximum atomic E-state index is 8.61. The molecule has 0 radical (unpaired) electrons. The quantitative estimate of drug-likeness (QED) is 0.506. The molecule has 0 aromatic heterocycles. The van der Waals surface area contributed by atoms with E-state index in [1.165, 1.54) is 0 Å². The number of hydrogen-bond acceptors (Lipinski definition) is 2. The van der Waals surface area contributed by atoms with E-state index in [2.05, 4.69) is 32.3 Å². The van der Waals surface area contributed by atoms with E-state index in [1.807, 2.05) is 25.1 Å². The Bertz CT molecular complexity index is 412. The molecule has 0 bridgehead atoms. The van der Waals surface area contributed by atoms with Gasteiger partial charge in [-0.3, -0.25) is 0 Å². The monoisotopic (exact) mass is 263 g/mol. The molecule has 76 valence electrons. The number of rotatable bonds is 2. The molecule has 0 aliphatic heterocycles. The van der Waals surface area contributed by atoms with Gasteiger partial charge in [-0.15, -0.1) is 0 Å². The molecule has 1 aromatic rings. The lowest BCUT2D eigenvalue weighted by Crippen LogP contribution is -2.02. The van der Waals surface area contributed by atoms with Crippen LogP contribution >= 0.6 is 15.9 Å². The number of halogens is 1. The fourth-order valence-electron chi connectivity index (χ4n) is 0.919. The normalized spacial score (nSPS) is 11.4. The molecule has 15 heavy (non-hydrogen) atoms. The van der Waals surface area contributed by atoms with Gasteiger partial charge in [-0.2, -0.15) is 5.26 Å². The first-order valence-corrected chi connectivity index (χ1v) is 5.17. The number of amidine groups is 1. The van der Waals surface area contributed by atoms with Gasteiger partial charge in [-0.05, 0) is 47.1 Å². The first-order chi connectivity index (χ1) is 7.26. The minimum Gasteiger partial charge on any atom is -0.334 e. The summed E-state index contributed by atoms with van der Waals surface area (Å²) < 4.78 is 0.630. The van der Waals surface area contributed by atoms with Crippen LogP contribution in [0, 0.1) is 11.3 Å². The number of allylic oxidation sites excluding steroid dienone is 1. The summed E-state index contributed by atoms with van der Waals surface area (Å²) in [5.41, 5.74) is 1.52. The van der Waals surface area contributed by atoms with E-state index in [-0.39, 0.29) is 0 Å². The molecule has 0 amide bonds. The van der Waals surface area contributed by atoms with Crippen molar-refractivity contribution in [3.8, 4) is 6.07 Å². The third-order valence-corrected chi connectivity index (χ3v) is 2.00. The zero-order valence-corrected chi connectivity index (χ0v) is 9.82. The Balaban J connectivity index is 2.70. The van der Waals surface area contributed by atoms with Crippen LogP contribution in [-0.4, -0.2) is 4.74 Å². The molecular weight excluding hydrogens is 254 g/mol. The molecule has 0 saturated carbocycles. The Morgan fingerprint density at radius 3 is 2.67 bits per heavy atom. The second-order valence-electron chi connectivity index (χ2n) is 2.72. The lowest BCUT2D eigenvalue weighted by molar-refractivity contribution is 1.48. The summed E-state index contributed by atoms with van der Waals surface area (Å²) in [5.74, 6) is 0. The summed E-state index contributed by atoms with van der Waals surface area (Å²) in [4.78, 5) is 4.06. The second kappa shape index (κ2) is 5.99. The number of nitrogens with one attached hydrogen (secondary N) is 1. The standard InChI is InChI=1S/C11H10BrN3/c1-2-7-14-11(12)15-10-5-3-9(8-13)4-6-10/h2-7H,1H3,(H,14,15)/b7-2-. The molecule has 0 aliphatic rings. The van der Waals surface area contributed by atoms with Crippen LogP contribution in [0.4, 0.5) is 5.69 Å². The molecule has 0 fully saturated rings. The van der Waals surface area contributed by atoms with E-state index in [1.54, 1.807) is 18.3 Å². The van der Waals surface area contributed by atoms with Gasteiger partial charge in [-0.1, -0.05) is 6.08 Å². The van der Waals surface area contributed by atoms with Crippen LogP contribution in [0.2, 0.25) is 0 Å². The van der Waals surface area contributed by atoms with E-state index in [0.29, 0.717) is 10.3 Å². The summed E-state index contributed by atoms with van der Waals surface area (Å²) in [6.07, 6.45) is 3.52. The highest BCUT2D eigenvalue weighted by Gasteiger charge is 1.94. The van der Waals surface area contributed by atoms with E-state index >= 15 is 0 Å². The molecule has 3 nitrogen and oxygen atoms in total. The van der Waals surface area contributed by atoms with Crippen LogP contribution in [0.1, 0.15) is 12.5 Å². The molecule has 4 heteroatoms. The average Bonchev–Trinajstić information content (AvgIpc) is 2.27. The van der Waals surface area contributed by atoms with Crippen molar-refractivity contribution in [2.24, 2.45) is 4.99 Å². The third-order valence-electron chi connectivity index (χ3n) is 1.60. The Labute approximate surface area is 97.3 Å². The van der Waals surface area contributed by atoms with Crippen molar-refractivity contribution in [3.63, 3.8) is 0 Å². The lowest BCUT2D eigenvalue weighted by Gasteiger charge is -2.02. The number of anilines is 1. The van der Waals surface area contributed by atoms with E-state index in [0.717, 1.165) is 5.69 Å². The van der Waals surface area contributed by atoms with Gasteiger partial charge in [-0.25, -0.2) is 4.99 Å². The van der Waals surface area contributed by atoms with Crippen molar-refractivity contribution in [2.45, 2.75) is 6.92 Å². The molecule has 1 aromatic carbocycles. The van der Waals surface area contributed by atoms with E-state index in [4.69, 9.17) is 5.26 Å². The first-order valence-electron chi connectivity index (χ1n) is 4.38. The van der Waals surface area contributed by atoms with Gasteiger partial charge in [0, 0.05) is 11.9 Å². The van der Waals surface area contributed by atoms with Crippen molar-refractivity contribution in [1.82, 2.24) is 0 Å². The summed E-state index contributed by atoms with van der Waals surface area (Å²) >= 11 is 3.27. The van der Waals surface area contributed by atoms with Gasteiger partial charge in [0.2, 0.25) is 0 Å². The minimum absolute atomic E-state index is 0.630. The van der Waals surface area contributed by atoms with Crippen molar-refractivity contribution < 1.29 is 0 Å². The van der Waals surface area contributed by atoms with Gasteiger partial charge in [0.1, 0.15) is 0 Å². The molecule has 0 saturated heterocycles. The van der Waals surface area contributed by atoms with Crippen LogP contribution in [-0.2, 0) is 0 Å². The van der Waals surface area contributed by atoms with Crippen LogP contribution in [0.5, 0.6) is 0 Å². The Morgan fingerprint density at radius 2 is 2.13 bits per heavy atom. The predicted molar refractivity (Wildman–Crippen MR) is 66.0 cm³/mol. The molecule has 0 unspecified atom stereocenters. The molecule has 0 aliphatic carbocycles. The van der Waals surface area contributed by atoms with E-state index < -0.39 is 0 Å². The fourth-order valence-corrected chi connectivity index (χ4v) is 1.27. The summed E-state index contributed by atoms with van der Waals surface area (Å²) in [6, 6.07) is 9.21. The van der Waals surface area contributed by atoms with Crippen molar-refractivity contribution >= 4 is 26.4 Å². The highest BCUT2D eigenvalue weighted by molar-refractivity contribution is 9.18. The average molecular weight is 264 g/mol. The SMILES string of the molecule is C/C=C\N=C(Br)Nc1ccc(C#N)cc1. The van der Waals surface area contributed by atoms with Gasteiger partial charge >= 0.3 is 0 Å². The van der Waals surface area contributed by atoms with Crippen LogP contribution in [0.3, 0.4) is 0 Å². The predicted octanol–water partition coefficient (Wildman–Crippen LogP) is 3.25. The molecule has 1 rings (SSSR count). The summed E-state index contributed by atoms with van der Waals surface area (Å²) in [6.45, 7) is 1.89. The molecule has 0 heterocycles. The van der Waals surface area contributed by atoms with E-state index in [9.17, 15) is 0 Å². The lowest BCUT2D eigenvalue weighted by atomic mass is 10.2. The zero-order valence-electron chi connectivity index (χ0n) is 8.24. The first kappa shape index (κ1) is 11.5. The maximum absolute atomic E-state index is 8.61. The highest BCUT2D eigenvalue weighted by Crippen LogP contribution is 2.10. The molecule has 0 atom stereocenters. The van der Waals surface area contributed by atoms with Gasteiger partial charge in [0.25, 0.3) is 0 Å². The second-order valence-corrected chi connectivity index (χ2v) is 3.47. The smallest absolute Gasteiger partial charge is 0.174 e. The topological polar surface area (TPSA) is 48.2 Å². The Kier molecular flexibility index (Phi) is 4.58. The zero-order chi connectivity index (χ0) is 11.1. The number of hydrogen-bond donors (Lipinski definition) is 1. The maximum Gasteiger partial charge on any atom is 0.174 e. The van der Waals surface area contributed by atoms with Gasteiger partial charge in [0.05, 0.1) is 11.6 Å². The number of aliphatic imine (C=N–C) groups is 1. The van der Waals surface area contributed by atoms with Crippen LogP contribution in [0.15, 0.2) is 41.5 Å². The molecule has 0 spiro atoms. The summed E-state index contributed by atoms with van der Waals surface area (Å²) in [7, 11) is 0. The Hall–Kier alpha value is -1.60. The largest absolute Gasteiger partial charge is 0.334 e. The van der Waals surface area contributed by atoms with Gasteiger partial charge in [0.15, 0.2) is 4.74 Å². The highest BCUT2D eigenvalue weighted by atomic mass is 79.9. The van der Waals surface area contributed by atoms with Gasteiger partial charge < -0.3 is 5.32 Å². The van der Waals surface area contributed by atoms with Crippen molar-refractivity contribution in [2.75, 3.05) is 5.32 Å². The number of benzene rings is 1. The number of nitrogens with zero attached hydrogens (tertiary/aromatic N) is 2. The fraction of sp³-hybridized carbons (Fsp3) is 0.0909.